The molecule has 0 atom stereocenters. The van der Waals surface area contributed by atoms with Crippen molar-refractivity contribution in [1.29, 1.82) is 0 Å². The molecule has 1 fully saturated rings. The Bertz CT molecular complexity index is 1370. The molecule has 0 saturated carbocycles. The van der Waals surface area contributed by atoms with Gasteiger partial charge in [0.25, 0.3) is 5.91 Å². The molecule has 4 nitrogen and oxygen atoms in total. The van der Waals surface area contributed by atoms with Crippen molar-refractivity contribution in [1.82, 2.24) is 9.88 Å². The first-order valence-corrected chi connectivity index (χ1v) is 11.6. The molecular formula is C28H23N3OS. The van der Waals surface area contributed by atoms with E-state index in [2.05, 4.69) is 52.1 Å². The van der Waals surface area contributed by atoms with Crippen molar-refractivity contribution in [2.24, 2.45) is 4.99 Å². The number of aliphatic imine (C=N–C) groups is 1. The number of aromatic nitrogens is 1. The Hall–Kier alpha value is -3.83. The standard InChI is InChI=1S/C28H23N3OS/c1-19-13-15-23(16-14-19)29-28-30-27(32)25(33-28)18-22-17-20(2)31(24-11-7-4-8-12-24)26(22)21-9-5-3-6-10-21/h3-18H,1-2H3,(H,29,30,32)/b25-18-. The van der Waals surface area contributed by atoms with Crippen molar-refractivity contribution in [3.8, 4) is 16.9 Å². The number of rotatable bonds is 4. The van der Waals surface area contributed by atoms with Crippen molar-refractivity contribution >= 4 is 34.6 Å². The third kappa shape index (κ3) is 4.41. The average molecular weight is 450 g/mol. The quantitative estimate of drug-likeness (QED) is 0.354. The summed E-state index contributed by atoms with van der Waals surface area (Å²) in [6.45, 7) is 4.13. The highest BCUT2D eigenvalue weighted by Gasteiger charge is 2.25. The predicted octanol–water partition coefficient (Wildman–Crippen LogP) is 6.65. The van der Waals surface area contributed by atoms with Gasteiger partial charge < -0.3 is 9.88 Å². The molecule has 0 bridgehead atoms. The zero-order chi connectivity index (χ0) is 22.8. The van der Waals surface area contributed by atoms with E-state index in [4.69, 9.17) is 0 Å². The van der Waals surface area contributed by atoms with Gasteiger partial charge in [0.15, 0.2) is 5.17 Å². The topological polar surface area (TPSA) is 46.4 Å². The highest BCUT2D eigenvalue weighted by molar-refractivity contribution is 8.18. The lowest BCUT2D eigenvalue weighted by Crippen LogP contribution is -2.19. The molecule has 3 aromatic carbocycles. The van der Waals surface area contributed by atoms with Gasteiger partial charge in [0.1, 0.15) is 0 Å². The Labute approximate surface area is 197 Å². The zero-order valence-electron chi connectivity index (χ0n) is 18.4. The van der Waals surface area contributed by atoms with Gasteiger partial charge in [-0.1, -0.05) is 66.2 Å². The Morgan fingerprint density at radius 2 is 1.55 bits per heavy atom. The number of para-hydroxylation sites is 1. The summed E-state index contributed by atoms with van der Waals surface area (Å²) >= 11 is 1.37. The van der Waals surface area contributed by atoms with E-state index >= 15 is 0 Å². The molecular weight excluding hydrogens is 426 g/mol. The number of hydrogen-bond acceptors (Lipinski definition) is 3. The third-order valence-electron chi connectivity index (χ3n) is 5.48. The fourth-order valence-corrected chi connectivity index (χ4v) is 4.77. The largest absolute Gasteiger partial charge is 0.313 e. The van der Waals surface area contributed by atoms with Crippen molar-refractivity contribution < 1.29 is 4.79 Å². The molecule has 1 aliphatic heterocycles. The highest BCUT2D eigenvalue weighted by atomic mass is 32.2. The monoisotopic (exact) mass is 449 g/mol. The lowest BCUT2D eigenvalue weighted by molar-refractivity contribution is -0.115. The van der Waals surface area contributed by atoms with Crippen LogP contribution in [0.25, 0.3) is 23.0 Å². The summed E-state index contributed by atoms with van der Waals surface area (Å²) in [7, 11) is 0. The second-order valence-corrected chi connectivity index (χ2v) is 8.97. The van der Waals surface area contributed by atoms with Crippen molar-refractivity contribution in [2.45, 2.75) is 13.8 Å². The average Bonchev–Trinajstić information content (AvgIpc) is 3.35. The third-order valence-corrected chi connectivity index (χ3v) is 6.39. The van der Waals surface area contributed by atoms with Gasteiger partial charge in [-0.05, 0) is 67.6 Å². The number of aryl methyl sites for hydroxylation is 2. The molecule has 2 heterocycles. The number of hydrogen-bond donors (Lipinski definition) is 1. The first-order chi connectivity index (χ1) is 16.1. The summed E-state index contributed by atoms with van der Waals surface area (Å²) < 4.78 is 2.24. The number of carbonyl (C=O) groups excluding carboxylic acids is 1. The minimum atomic E-state index is -0.130. The first-order valence-electron chi connectivity index (χ1n) is 10.8. The smallest absolute Gasteiger partial charge is 0.264 e. The number of thioether (sulfide) groups is 1. The summed E-state index contributed by atoms with van der Waals surface area (Å²) in [6, 6.07) is 30.6. The van der Waals surface area contributed by atoms with Gasteiger partial charge in [-0.3, -0.25) is 4.79 Å². The normalized spacial score (nSPS) is 15.9. The van der Waals surface area contributed by atoms with Crippen LogP contribution < -0.4 is 5.32 Å². The molecule has 1 aliphatic rings. The van der Waals surface area contributed by atoms with Gasteiger partial charge in [0, 0.05) is 16.9 Å². The summed E-state index contributed by atoms with van der Waals surface area (Å²) in [5.41, 5.74) is 7.33. The molecule has 0 radical (unpaired) electrons. The van der Waals surface area contributed by atoms with Crippen molar-refractivity contribution in [3.63, 3.8) is 0 Å². The molecule has 33 heavy (non-hydrogen) atoms. The van der Waals surface area contributed by atoms with Crippen LogP contribution in [-0.4, -0.2) is 15.6 Å². The molecule has 1 amide bonds. The molecule has 5 heteroatoms. The minimum absolute atomic E-state index is 0.130. The second kappa shape index (κ2) is 8.96. The molecule has 162 valence electrons. The Morgan fingerprint density at radius 1 is 0.879 bits per heavy atom. The van der Waals surface area contributed by atoms with Crippen molar-refractivity contribution in [2.75, 3.05) is 0 Å². The number of benzene rings is 3. The van der Waals surface area contributed by atoms with Crippen LogP contribution >= 0.6 is 11.8 Å². The molecule has 1 N–H and O–H groups in total. The maximum absolute atomic E-state index is 12.8. The highest BCUT2D eigenvalue weighted by Crippen LogP contribution is 2.35. The SMILES string of the molecule is Cc1ccc(N=C2NC(=O)/C(=C/c3cc(C)n(-c4ccccc4)c3-c3ccccc3)S2)cc1. The van der Waals surface area contributed by atoms with Gasteiger partial charge >= 0.3 is 0 Å². The van der Waals surface area contributed by atoms with E-state index in [9.17, 15) is 4.79 Å². The number of nitrogens with zero attached hydrogens (tertiary/aromatic N) is 2. The van der Waals surface area contributed by atoms with Gasteiger partial charge in [0.2, 0.25) is 0 Å². The molecule has 5 rings (SSSR count). The van der Waals surface area contributed by atoms with Crippen LogP contribution in [0.4, 0.5) is 5.69 Å². The van der Waals surface area contributed by atoms with Crippen LogP contribution in [0.1, 0.15) is 16.8 Å². The van der Waals surface area contributed by atoms with E-state index in [1.54, 1.807) is 0 Å². The van der Waals surface area contributed by atoms with Crippen LogP contribution in [-0.2, 0) is 4.79 Å². The van der Waals surface area contributed by atoms with E-state index in [0.717, 1.165) is 33.9 Å². The number of amidine groups is 1. The number of nitrogens with one attached hydrogen (secondary N) is 1. The first kappa shape index (κ1) is 21.0. The molecule has 0 unspecified atom stereocenters. The van der Waals surface area contributed by atoms with E-state index < -0.39 is 0 Å². The molecule has 0 aliphatic carbocycles. The Morgan fingerprint density at radius 3 is 2.24 bits per heavy atom. The van der Waals surface area contributed by atoms with E-state index in [0.29, 0.717) is 10.1 Å². The summed E-state index contributed by atoms with van der Waals surface area (Å²) in [5, 5.41) is 3.49. The van der Waals surface area contributed by atoms with Crippen LogP contribution in [0, 0.1) is 13.8 Å². The number of amides is 1. The van der Waals surface area contributed by atoms with E-state index in [1.165, 1.54) is 17.3 Å². The van der Waals surface area contributed by atoms with Crippen LogP contribution in [0.3, 0.4) is 0 Å². The summed E-state index contributed by atoms with van der Waals surface area (Å²) in [6.07, 6.45) is 1.96. The fraction of sp³-hybridized carbons (Fsp3) is 0.0714. The molecule has 1 saturated heterocycles. The van der Waals surface area contributed by atoms with Crippen LogP contribution in [0.5, 0.6) is 0 Å². The number of carbonyl (C=O) groups is 1. The van der Waals surface area contributed by atoms with Crippen LogP contribution in [0.2, 0.25) is 0 Å². The van der Waals surface area contributed by atoms with Gasteiger partial charge in [-0.25, -0.2) is 4.99 Å². The summed E-state index contributed by atoms with van der Waals surface area (Å²) in [4.78, 5) is 18.0. The Balaban J connectivity index is 1.57. The van der Waals surface area contributed by atoms with Gasteiger partial charge in [0.05, 0.1) is 16.3 Å². The molecule has 1 aromatic heterocycles. The van der Waals surface area contributed by atoms with Crippen LogP contribution in [0.15, 0.2) is 101 Å². The molecule has 0 spiro atoms. The van der Waals surface area contributed by atoms with E-state index in [1.807, 2.05) is 73.7 Å². The zero-order valence-corrected chi connectivity index (χ0v) is 19.3. The fourth-order valence-electron chi connectivity index (χ4n) is 3.93. The van der Waals surface area contributed by atoms with Gasteiger partial charge in [-0.15, -0.1) is 0 Å². The predicted molar refractivity (Wildman–Crippen MR) is 138 cm³/mol. The summed E-state index contributed by atoms with van der Waals surface area (Å²) in [5.74, 6) is -0.130. The Kier molecular flexibility index (Phi) is 5.71. The van der Waals surface area contributed by atoms with E-state index in [-0.39, 0.29) is 5.91 Å². The lowest BCUT2D eigenvalue weighted by atomic mass is 10.1. The molecule has 4 aromatic rings. The maximum atomic E-state index is 12.8. The van der Waals surface area contributed by atoms with Crippen molar-refractivity contribution in [3.05, 3.63) is 113 Å². The second-order valence-electron chi connectivity index (χ2n) is 7.94. The minimum Gasteiger partial charge on any atom is -0.313 e. The van der Waals surface area contributed by atoms with Gasteiger partial charge in [-0.2, -0.15) is 0 Å². The lowest BCUT2D eigenvalue weighted by Gasteiger charge is -2.13. The maximum Gasteiger partial charge on any atom is 0.264 e.